The number of benzene rings is 1. The number of carbonyl (C=O) groups excluding carboxylic acids is 2. The molecule has 0 fully saturated rings. The zero-order valence-electron chi connectivity index (χ0n) is 18.8. The van der Waals surface area contributed by atoms with Crippen LogP contribution < -0.4 is 5.32 Å². The van der Waals surface area contributed by atoms with Crippen LogP contribution in [0.4, 0.5) is 10.2 Å². The molecule has 0 aliphatic rings. The quantitative estimate of drug-likeness (QED) is 0.446. The summed E-state index contributed by atoms with van der Waals surface area (Å²) in [5, 5.41) is 11.1. The maximum atomic E-state index is 14.5. The lowest BCUT2D eigenvalue weighted by atomic mass is 10.1. The Bertz CT molecular complexity index is 1240. The fraction of sp³-hybridized carbons (Fsp3) is 0.261. The molecule has 1 aromatic carbocycles. The van der Waals surface area contributed by atoms with Gasteiger partial charge in [-0.1, -0.05) is 18.2 Å². The zero-order valence-corrected chi connectivity index (χ0v) is 18.8. The highest BCUT2D eigenvalue weighted by atomic mass is 19.1. The van der Waals surface area contributed by atoms with Crippen LogP contribution in [0.2, 0.25) is 0 Å². The number of aldehydes is 1. The monoisotopic (exact) mass is 452 g/mol. The number of aromatic nitrogens is 5. The third-order valence-corrected chi connectivity index (χ3v) is 4.65. The topological polar surface area (TPSA) is 103 Å². The number of nitrogens with one attached hydrogen (secondary N) is 1. The Morgan fingerprint density at radius 3 is 2.55 bits per heavy atom. The Balaban J connectivity index is 0.000000709. The molecule has 0 spiro atoms. The molecule has 172 valence electrons. The summed E-state index contributed by atoms with van der Waals surface area (Å²) in [6.45, 7) is 5.58. The van der Waals surface area contributed by atoms with Gasteiger partial charge in [0.2, 0.25) is 0 Å². The molecular formula is C23H25FN6O3. The van der Waals surface area contributed by atoms with Gasteiger partial charge in [-0.05, 0) is 39.0 Å². The normalized spacial score (nSPS) is 11.1. The SMILES string of the molecule is CC(C)(F)c1ccnc2cc(C(=O)Nc3c(C=O)cnn3-c3ccccc3)nn12.CCOC. The number of methoxy groups -OCH3 is 1. The maximum Gasteiger partial charge on any atom is 0.277 e. The number of para-hydroxylation sites is 1. The van der Waals surface area contributed by atoms with Gasteiger partial charge in [0.25, 0.3) is 5.91 Å². The first-order valence-electron chi connectivity index (χ1n) is 10.2. The van der Waals surface area contributed by atoms with Crippen molar-refractivity contribution in [2.24, 2.45) is 0 Å². The number of anilines is 1. The highest BCUT2D eigenvalue weighted by Gasteiger charge is 2.25. The van der Waals surface area contributed by atoms with Crippen molar-refractivity contribution < 1.29 is 18.7 Å². The van der Waals surface area contributed by atoms with E-state index < -0.39 is 11.6 Å². The first-order chi connectivity index (χ1) is 15.8. The molecule has 33 heavy (non-hydrogen) atoms. The summed E-state index contributed by atoms with van der Waals surface area (Å²) in [6, 6.07) is 12.0. The molecule has 4 aromatic rings. The Morgan fingerprint density at radius 2 is 1.94 bits per heavy atom. The maximum absolute atomic E-state index is 14.5. The first kappa shape index (κ1) is 23.7. The molecule has 3 heterocycles. The van der Waals surface area contributed by atoms with Crippen LogP contribution in [0.15, 0.2) is 54.9 Å². The lowest BCUT2D eigenvalue weighted by molar-refractivity contribution is 0.102. The molecule has 1 amide bonds. The van der Waals surface area contributed by atoms with Gasteiger partial charge in [-0.15, -0.1) is 0 Å². The lowest BCUT2D eigenvalue weighted by Gasteiger charge is -2.15. The van der Waals surface area contributed by atoms with Crippen molar-refractivity contribution in [2.45, 2.75) is 26.4 Å². The van der Waals surface area contributed by atoms with Crippen molar-refractivity contribution >= 4 is 23.7 Å². The van der Waals surface area contributed by atoms with E-state index in [0.29, 0.717) is 17.6 Å². The molecule has 0 atom stereocenters. The van der Waals surface area contributed by atoms with E-state index in [1.807, 2.05) is 25.1 Å². The number of hydrogen-bond donors (Lipinski definition) is 1. The number of rotatable bonds is 6. The van der Waals surface area contributed by atoms with E-state index in [2.05, 4.69) is 25.2 Å². The molecule has 4 rings (SSSR count). The van der Waals surface area contributed by atoms with Gasteiger partial charge in [0.1, 0.15) is 11.5 Å². The second kappa shape index (κ2) is 10.1. The number of alkyl halides is 1. The van der Waals surface area contributed by atoms with Gasteiger partial charge in [-0.25, -0.2) is 18.6 Å². The van der Waals surface area contributed by atoms with Crippen LogP contribution in [-0.2, 0) is 10.4 Å². The van der Waals surface area contributed by atoms with Crippen LogP contribution >= 0.6 is 0 Å². The van der Waals surface area contributed by atoms with Crippen LogP contribution in [0.1, 0.15) is 47.3 Å². The fourth-order valence-corrected chi connectivity index (χ4v) is 2.97. The molecule has 0 radical (unpaired) electrons. The second-order valence-electron chi connectivity index (χ2n) is 7.45. The molecule has 0 unspecified atom stereocenters. The molecule has 0 aliphatic carbocycles. The van der Waals surface area contributed by atoms with Crippen LogP contribution in [0.3, 0.4) is 0 Å². The smallest absolute Gasteiger partial charge is 0.277 e. The minimum absolute atomic E-state index is 0.0341. The molecule has 0 saturated heterocycles. The average molecular weight is 452 g/mol. The summed E-state index contributed by atoms with van der Waals surface area (Å²) in [5.74, 6) is -0.355. The number of amides is 1. The largest absolute Gasteiger partial charge is 0.385 e. The standard InChI is InChI=1S/C20H17FN6O2.C3H8O/c1-20(2,21)16-8-9-22-17-10-15(25-27(16)17)19(29)24-18-13(12-28)11-23-26(18)14-6-4-3-5-7-14;1-3-4-2/h3-12H,1-2H3,(H,24,29);3H2,1-2H3. The molecular weight excluding hydrogens is 427 g/mol. The van der Waals surface area contributed by atoms with Crippen LogP contribution in [0.25, 0.3) is 11.3 Å². The fourth-order valence-electron chi connectivity index (χ4n) is 2.97. The van der Waals surface area contributed by atoms with Gasteiger partial charge in [0.05, 0.1) is 23.1 Å². The molecule has 0 saturated carbocycles. The van der Waals surface area contributed by atoms with Gasteiger partial charge >= 0.3 is 0 Å². The van der Waals surface area contributed by atoms with Gasteiger partial charge in [-0.3, -0.25) is 9.59 Å². The van der Waals surface area contributed by atoms with E-state index in [1.54, 1.807) is 19.2 Å². The van der Waals surface area contributed by atoms with Crippen LogP contribution in [0, 0.1) is 0 Å². The average Bonchev–Trinajstić information content (AvgIpc) is 3.43. The highest BCUT2D eigenvalue weighted by molar-refractivity contribution is 6.05. The predicted molar refractivity (Wildman–Crippen MR) is 122 cm³/mol. The van der Waals surface area contributed by atoms with Crippen LogP contribution in [0.5, 0.6) is 0 Å². The Morgan fingerprint density at radius 1 is 1.24 bits per heavy atom. The molecule has 1 N–H and O–H groups in total. The van der Waals surface area contributed by atoms with Crippen molar-refractivity contribution in [2.75, 3.05) is 19.0 Å². The van der Waals surface area contributed by atoms with Gasteiger partial charge < -0.3 is 10.1 Å². The molecule has 3 aromatic heterocycles. The second-order valence-corrected chi connectivity index (χ2v) is 7.45. The van der Waals surface area contributed by atoms with Gasteiger partial charge in [0, 0.05) is 26.0 Å². The molecule has 0 bridgehead atoms. The number of hydrogen-bond acceptors (Lipinski definition) is 6. The van der Waals surface area contributed by atoms with Crippen LogP contribution in [-0.4, -0.2) is 50.3 Å². The number of halogens is 1. The van der Waals surface area contributed by atoms with Crippen molar-refractivity contribution in [1.29, 1.82) is 0 Å². The van der Waals surface area contributed by atoms with E-state index in [9.17, 15) is 14.0 Å². The minimum Gasteiger partial charge on any atom is -0.385 e. The van der Waals surface area contributed by atoms with E-state index >= 15 is 0 Å². The molecule has 10 heteroatoms. The Hall–Kier alpha value is -3.92. The number of fused-ring (bicyclic) bond motifs is 1. The summed E-state index contributed by atoms with van der Waals surface area (Å²) >= 11 is 0. The minimum atomic E-state index is -1.67. The lowest BCUT2D eigenvalue weighted by Crippen LogP contribution is -2.18. The third-order valence-electron chi connectivity index (χ3n) is 4.65. The zero-order chi connectivity index (χ0) is 24.0. The number of ether oxygens (including phenoxy) is 1. The first-order valence-corrected chi connectivity index (χ1v) is 10.2. The summed E-state index contributed by atoms with van der Waals surface area (Å²) in [5.41, 5.74) is -0.136. The molecule has 9 nitrogen and oxygen atoms in total. The Labute approximate surface area is 190 Å². The number of carbonyl (C=O) groups is 2. The highest BCUT2D eigenvalue weighted by Crippen LogP contribution is 2.25. The third kappa shape index (κ3) is 5.29. The van der Waals surface area contributed by atoms with Gasteiger partial charge in [0.15, 0.2) is 17.6 Å². The number of nitrogens with zero attached hydrogens (tertiary/aromatic N) is 5. The summed E-state index contributed by atoms with van der Waals surface area (Å²) in [7, 11) is 1.68. The summed E-state index contributed by atoms with van der Waals surface area (Å²) in [6.07, 6.45) is 3.44. The van der Waals surface area contributed by atoms with Crippen molar-refractivity contribution in [1.82, 2.24) is 24.4 Å². The van der Waals surface area contributed by atoms with Crippen molar-refractivity contribution in [3.05, 3.63) is 71.8 Å². The van der Waals surface area contributed by atoms with Crippen molar-refractivity contribution in [3.8, 4) is 5.69 Å². The summed E-state index contributed by atoms with van der Waals surface area (Å²) in [4.78, 5) is 28.4. The van der Waals surface area contributed by atoms with E-state index in [1.165, 1.54) is 47.6 Å². The van der Waals surface area contributed by atoms with E-state index in [4.69, 9.17) is 0 Å². The Kier molecular flexibility index (Phi) is 7.29. The van der Waals surface area contributed by atoms with Crippen molar-refractivity contribution in [3.63, 3.8) is 0 Å². The van der Waals surface area contributed by atoms with E-state index in [-0.39, 0.29) is 22.8 Å². The van der Waals surface area contributed by atoms with Gasteiger partial charge in [-0.2, -0.15) is 10.2 Å². The summed E-state index contributed by atoms with van der Waals surface area (Å²) < 4.78 is 21.8. The van der Waals surface area contributed by atoms with E-state index in [0.717, 1.165) is 6.61 Å². The molecule has 0 aliphatic heterocycles. The predicted octanol–water partition coefficient (Wildman–Crippen LogP) is 3.84.